The van der Waals surface area contributed by atoms with E-state index >= 15 is 0 Å². The lowest BCUT2D eigenvalue weighted by Gasteiger charge is -2.06. The number of hydrogen-bond donors (Lipinski definition) is 0. The van der Waals surface area contributed by atoms with Gasteiger partial charge in [-0.3, -0.25) is 0 Å². The van der Waals surface area contributed by atoms with Gasteiger partial charge in [-0.15, -0.1) is 0 Å². The molecule has 6 nitrogen and oxygen atoms in total. The Morgan fingerprint density at radius 2 is 2.06 bits per heavy atom. The number of alkyl halides is 2. The topological polar surface area (TPSA) is 90.2 Å². The third-order valence-corrected chi connectivity index (χ3v) is 4.07. The Labute approximate surface area is 112 Å². The molecule has 0 unspecified atom stereocenters. The average Bonchev–Trinajstić information content (AvgIpc) is 2.14. The predicted molar refractivity (Wildman–Crippen MR) is 61.6 cm³/mol. The summed E-state index contributed by atoms with van der Waals surface area (Å²) >= 11 is 1.23. The molecular formula is C6H2ClF2IN2O4S. The maximum atomic E-state index is 12.7. The summed E-state index contributed by atoms with van der Waals surface area (Å²) in [6, 6.07) is 0. The fourth-order valence-electron chi connectivity index (χ4n) is 1.000. The second kappa shape index (κ2) is 4.94. The second-order valence-electron chi connectivity index (χ2n) is 2.67. The number of hydrogen-bond acceptors (Lipinski definition) is 5. The van der Waals surface area contributed by atoms with Crippen LogP contribution in [0.4, 0.5) is 14.6 Å². The van der Waals surface area contributed by atoms with Crippen LogP contribution in [0.3, 0.4) is 0 Å². The highest BCUT2D eigenvalue weighted by molar-refractivity contribution is 14.1. The van der Waals surface area contributed by atoms with Crippen LogP contribution in [0, 0.1) is 13.7 Å². The third-order valence-electron chi connectivity index (χ3n) is 1.66. The Kier molecular flexibility index (Phi) is 4.19. The molecule has 0 fully saturated rings. The van der Waals surface area contributed by atoms with Gasteiger partial charge in [0.05, 0.1) is 5.56 Å². The van der Waals surface area contributed by atoms with E-state index in [1.54, 1.807) is 0 Å². The molecule has 0 bridgehead atoms. The Morgan fingerprint density at radius 3 is 2.41 bits per heavy atom. The highest BCUT2D eigenvalue weighted by Crippen LogP contribution is 2.35. The van der Waals surface area contributed by atoms with Crippen LogP contribution in [0.15, 0.2) is 11.1 Å². The number of rotatable bonds is 3. The summed E-state index contributed by atoms with van der Waals surface area (Å²) in [6.45, 7) is 0. The van der Waals surface area contributed by atoms with Crippen LogP contribution >= 0.6 is 33.3 Å². The molecule has 0 aliphatic heterocycles. The zero-order chi connectivity index (χ0) is 13.4. The summed E-state index contributed by atoms with van der Waals surface area (Å²) in [5.41, 5.74) is -1.01. The first-order valence-corrected chi connectivity index (χ1v) is 7.10. The standard InChI is InChI=1S/C6H2ClF2IN2O4S/c7-17(15,16)2-1-11-6(12(13)14)4(10)3(2)5(8)9/h1,5H. The molecule has 0 aliphatic carbocycles. The van der Waals surface area contributed by atoms with Gasteiger partial charge in [-0.1, -0.05) is 0 Å². The quantitative estimate of drug-likeness (QED) is 0.338. The molecule has 0 aromatic carbocycles. The van der Waals surface area contributed by atoms with Crippen LogP contribution in [0.1, 0.15) is 12.0 Å². The predicted octanol–water partition coefficient (Wildman–Crippen LogP) is 2.46. The van der Waals surface area contributed by atoms with Crippen LogP contribution in [0.5, 0.6) is 0 Å². The Hall–Kier alpha value is -0.620. The fraction of sp³-hybridized carbons (Fsp3) is 0.167. The van der Waals surface area contributed by atoms with E-state index in [4.69, 9.17) is 10.7 Å². The second-order valence-corrected chi connectivity index (χ2v) is 6.28. The monoisotopic (exact) mass is 398 g/mol. The van der Waals surface area contributed by atoms with Crippen molar-refractivity contribution < 1.29 is 22.1 Å². The minimum Gasteiger partial charge on any atom is -0.358 e. The normalized spacial score (nSPS) is 11.8. The minimum atomic E-state index is -4.44. The van der Waals surface area contributed by atoms with Crippen LogP contribution in [-0.4, -0.2) is 18.3 Å². The van der Waals surface area contributed by atoms with Gasteiger partial charge in [0, 0.05) is 10.7 Å². The van der Waals surface area contributed by atoms with Gasteiger partial charge in [0.1, 0.15) is 8.47 Å². The van der Waals surface area contributed by atoms with Crippen molar-refractivity contribution in [1.29, 1.82) is 0 Å². The minimum absolute atomic E-state index is 0.449. The molecule has 0 atom stereocenters. The third kappa shape index (κ3) is 2.98. The van der Waals surface area contributed by atoms with Crippen molar-refractivity contribution >= 4 is 48.1 Å². The highest BCUT2D eigenvalue weighted by atomic mass is 127. The molecule has 0 saturated carbocycles. The first kappa shape index (κ1) is 14.4. The number of pyridine rings is 1. The number of aromatic nitrogens is 1. The van der Waals surface area contributed by atoms with Crippen molar-refractivity contribution in [3.05, 3.63) is 25.4 Å². The van der Waals surface area contributed by atoms with Gasteiger partial charge in [0.2, 0.25) is 0 Å². The average molecular weight is 399 g/mol. The van der Waals surface area contributed by atoms with E-state index in [2.05, 4.69) is 4.98 Å². The molecule has 0 spiro atoms. The van der Waals surface area contributed by atoms with Crippen molar-refractivity contribution in [1.82, 2.24) is 4.98 Å². The first-order chi connectivity index (χ1) is 7.66. The van der Waals surface area contributed by atoms with E-state index in [1.807, 2.05) is 0 Å². The van der Waals surface area contributed by atoms with Crippen molar-refractivity contribution in [3.63, 3.8) is 0 Å². The Balaban J connectivity index is 3.69. The zero-order valence-corrected chi connectivity index (χ0v) is 11.3. The highest BCUT2D eigenvalue weighted by Gasteiger charge is 2.31. The maximum Gasteiger partial charge on any atom is 0.377 e. The lowest BCUT2D eigenvalue weighted by Crippen LogP contribution is -2.06. The smallest absolute Gasteiger partial charge is 0.358 e. The van der Waals surface area contributed by atoms with E-state index in [1.165, 1.54) is 22.6 Å². The molecule has 11 heteroatoms. The molecule has 1 aromatic heterocycles. The summed E-state index contributed by atoms with van der Waals surface area (Å²) in [5.74, 6) is -0.843. The van der Waals surface area contributed by atoms with E-state index in [0.29, 0.717) is 6.20 Å². The van der Waals surface area contributed by atoms with Crippen LogP contribution < -0.4 is 0 Å². The summed E-state index contributed by atoms with van der Waals surface area (Å²) in [5, 5.41) is 10.5. The molecule has 0 radical (unpaired) electrons. The Morgan fingerprint density at radius 1 is 1.53 bits per heavy atom. The van der Waals surface area contributed by atoms with Gasteiger partial charge in [-0.05, 0) is 32.5 Å². The Bertz CT molecular complexity index is 580. The fourth-order valence-corrected chi connectivity index (χ4v) is 3.05. The van der Waals surface area contributed by atoms with Crippen molar-refractivity contribution in [2.75, 3.05) is 0 Å². The molecule has 0 aliphatic rings. The SMILES string of the molecule is O=[N+]([O-])c1ncc(S(=O)(=O)Cl)c(C(F)F)c1I. The lowest BCUT2D eigenvalue weighted by atomic mass is 10.3. The number of nitro groups is 1. The van der Waals surface area contributed by atoms with Crippen LogP contribution in [-0.2, 0) is 9.05 Å². The van der Waals surface area contributed by atoms with Crippen LogP contribution in [0.2, 0.25) is 0 Å². The molecule has 1 heterocycles. The van der Waals surface area contributed by atoms with Gasteiger partial charge in [-0.2, -0.15) is 0 Å². The van der Waals surface area contributed by atoms with E-state index in [0.717, 1.165) is 0 Å². The van der Waals surface area contributed by atoms with Gasteiger partial charge in [-0.25, -0.2) is 17.2 Å². The maximum absolute atomic E-state index is 12.7. The van der Waals surface area contributed by atoms with Gasteiger partial charge in [0.15, 0.2) is 6.20 Å². The molecular weight excluding hydrogens is 396 g/mol. The van der Waals surface area contributed by atoms with Crippen molar-refractivity contribution in [3.8, 4) is 0 Å². The van der Waals surface area contributed by atoms with Crippen molar-refractivity contribution in [2.45, 2.75) is 11.3 Å². The summed E-state index contributed by atoms with van der Waals surface area (Å²) in [4.78, 5) is 11.7. The van der Waals surface area contributed by atoms with Crippen LogP contribution in [0.25, 0.3) is 0 Å². The molecule has 0 amide bonds. The van der Waals surface area contributed by atoms with Gasteiger partial charge < -0.3 is 10.1 Å². The summed E-state index contributed by atoms with van der Waals surface area (Å²) < 4.78 is 46.8. The van der Waals surface area contributed by atoms with E-state index < -0.39 is 40.2 Å². The molecule has 0 N–H and O–H groups in total. The molecule has 1 rings (SSSR count). The van der Waals surface area contributed by atoms with Crippen molar-refractivity contribution in [2.24, 2.45) is 0 Å². The first-order valence-electron chi connectivity index (χ1n) is 3.72. The van der Waals surface area contributed by atoms with E-state index in [9.17, 15) is 27.3 Å². The number of halogens is 4. The summed E-state index contributed by atoms with van der Waals surface area (Å²) in [7, 11) is 0.496. The lowest BCUT2D eigenvalue weighted by molar-refractivity contribution is -0.390. The molecule has 0 saturated heterocycles. The molecule has 17 heavy (non-hydrogen) atoms. The largest absolute Gasteiger partial charge is 0.377 e. The molecule has 1 aromatic rings. The van der Waals surface area contributed by atoms with Gasteiger partial charge in [0.25, 0.3) is 15.5 Å². The zero-order valence-electron chi connectivity index (χ0n) is 7.60. The summed E-state index contributed by atoms with van der Waals surface area (Å²) in [6.07, 6.45) is -2.77. The molecule has 94 valence electrons. The number of nitrogens with zero attached hydrogens (tertiary/aromatic N) is 2. The van der Waals surface area contributed by atoms with Gasteiger partial charge >= 0.3 is 5.82 Å². The van der Waals surface area contributed by atoms with E-state index in [-0.39, 0.29) is 0 Å².